The van der Waals surface area contributed by atoms with E-state index in [1.807, 2.05) is 11.6 Å². The van der Waals surface area contributed by atoms with E-state index in [0.29, 0.717) is 51.0 Å². The number of carbonyl (C=O) groups excluding carboxylic acids is 1. The number of methoxy groups -OCH3 is 1. The summed E-state index contributed by atoms with van der Waals surface area (Å²) in [4.78, 5) is 20.6. The number of aryl methyl sites for hydroxylation is 1. The Balaban J connectivity index is 1.55. The van der Waals surface area contributed by atoms with Crippen molar-refractivity contribution in [2.75, 3.05) is 56.7 Å². The molecule has 2 aromatic rings. The van der Waals surface area contributed by atoms with Gasteiger partial charge in [0.15, 0.2) is 0 Å². The minimum absolute atomic E-state index is 0.174. The first-order chi connectivity index (χ1) is 12.7. The Kier molecular flexibility index (Phi) is 5.84. The van der Waals surface area contributed by atoms with Gasteiger partial charge in [-0.1, -0.05) is 0 Å². The maximum Gasteiger partial charge on any atom is 0.322 e. The van der Waals surface area contributed by atoms with Gasteiger partial charge in [-0.05, 0) is 12.1 Å². The van der Waals surface area contributed by atoms with Gasteiger partial charge in [-0.3, -0.25) is 0 Å². The summed E-state index contributed by atoms with van der Waals surface area (Å²) < 4.78 is 12.4. The van der Waals surface area contributed by atoms with Gasteiger partial charge in [0, 0.05) is 46.5 Å². The molecule has 10 heteroatoms. The monoisotopic (exact) mass is 361 g/mol. The maximum absolute atomic E-state index is 12.6. The normalized spacial score (nSPS) is 14.4. The van der Waals surface area contributed by atoms with Crippen molar-refractivity contribution in [2.45, 2.75) is 0 Å². The van der Waals surface area contributed by atoms with Gasteiger partial charge < -0.3 is 29.2 Å². The molecule has 2 aromatic heterocycles. The predicted octanol–water partition coefficient (Wildman–Crippen LogP) is 0.589. The third-order valence-corrected chi connectivity index (χ3v) is 4.08. The van der Waals surface area contributed by atoms with Crippen molar-refractivity contribution in [1.82, 2.24) is 24.6 Å². The van der Waals surface area contributed by atoms with Crippen LogP contribution in [0.25, 0.3) is 0 Å². The predicted molar refractivity (Wildman–Crippen MR) is 95.4 cm³/mol. The highest BCUT2D eigenvalue weighted by Gasteiger charge is 2.24. The third kappa shape index (κ3) is 4.20. The van der Waals surface area contributed by atoms with E-state index in [4.69, 9.17) is 9.47 Å². The number of ether oxygens (including phenoxy) is 2. The molecular weight excluding hydrogens is 338 g/mol. The van der Waals surface area contributed by atoms with Crippen LogP contribution < -0.4 is 15.0 Å². The molecule has 0 aliphatic carbocycles. The number of anilines is 2. The summed E-state index contributed by atoms with van der Waals surface area (Å²) in [6.07, 6.45) is 3.29. The van der Waals surface area contributed by atoms with Gasteiger partial charge in [0.1, 0.15) is 18.6 Å². The van der Waals surface area contributed by atoms with Crippen LogP contribution in [0.15, 0.2) is 24.7 Å². The van der Waals surface area contributed by atoms with Crippen molar-refractivity contribution in [3.05, 3.63) is 24.7 Å². The van der Waals surface area contributed by atoms with Gasteiger partial charge in [0.25, 0.3) is 0 Å². The molecule has 26 heavy (non-hydrogen) atoms. The highest BCUT2D eigenvalue weighted by Crippen LogP contribution is 2.21. The standard InChI is InChI=1S/C16H23N7O3/c1-21-12-18-20-15(21)22-6-8-23(9-7-22)16(24)19-13-4-3-5-17-14(13)26-11-10-25-2/h3-5,12H,6-11H2,1-2H3,(H,19,24). The van der Waals surface area contributed by atoms with Gasteiger partial charge in [-0.2, -0.15) is 0 Å². The largest absolute Gasteiger partial charge is 0.474 e. The summed E-state index contributed by atoms with van der Waals surface area (Å²) in [6.45, 7) is 3.41. The number of pyridine rings is 1. The lowest BCUT2D eigenvalue weighted by Gasteiger charge is -2.34. The molecule has 0 spiro atoms. The van der Waals surface area contributed by atoms with Gasteiger partial charge in [-0.25, -0.2) is 9.78 Å². The number of amides is 2. The smallest absolute Gasteiger partial charge is 0.322 e. The van der Waals surface area contributed by atoms with Crippen molar-refractivity contribution < 1.29 is 14.3 Å². The van der Waals surface area contributed by atoms with E-state index in [-0.39, 0.29) is 6.03 Å². The second kappa shape index (κ2) is 8.48. The number of aromatic nitrogens is 4. The molecule has 0 atom stereocenters. The summed E-state index contributed by atoms with van der Waals surface area (Å²) in [5, 5.41) is 10.9. The fourth-order valence-corrected chi connectivity index (χ4v) is 2.69. The molecule has 0 saturated carbocycles. The maximum atomic E-state index is 12.6. The van der Waals surface area contributed by atoms with Crippen LogP contribution in [0.3, 0.4) is 0 Å². The zero-order chi connectivity index (χ0) is 18.4. The van der Waals surface area contributed by atoms with Gasteiger partial charge in [0.2, 0.25) is 11.8 Å². The van der Waals surface area contributed by atoms with Crippen LogP contribution in [0.5, 0.6) is 5.88 Å². The molecular formula is C16H23N7O3. The summed E-state index contributed by atoms with van der Waals surface area (Å²) in [7, 11) is 3.51. The molecule has 0 unspecified atom stereocenters. The van der Waals surface area contributed by atoms with Crippen LogP contribution in [0.2, 0.25) is 0 Å². The lowest BCUT2D eigenvalue weighted by atomic mass is 10.3. The molecule has 1 saturated heterocycles. The fraction of sp³-hybridized carbons (Fsp3) is 0.500. The van der Waals surface area contributed by atoms with Gasteiger partial charge in [-0.15, -0.1) is 10.2 Å². The average Bonchev–Trinajstić information content (AvgIpc) is 3.09. The Bertz CT molecular complexity index is 728. The molecule has 3 heterocycles. The third-order valence-electron chi connectivity index (χ3n) is 4.08. The number of nitrogens with zero attached hydrogens (tertiary/aromatic N) is 6. The zero-order valence-corrected chi connectivity index (χ0v) is 15.0. The molecule has 0 radical (unpaired) electrons. The minimum Gasteiger partial charge on any atom is -0.474 e. The number of hydrogen-bond acceptors (Lipinski definition) is 7. The highest BCUT2D eigenvalue weighted by atomic mass is 16.5. The van der Waals surface area contributed by atoms with Crippen molar-refractivity contribution >= 4 is 17.7 Å². The van der Waals surface area contributed by atoms with Crippen LogP contribution in [0, 0.1) is 0 Å². The zero-order valence-electron chi connectivity index (χ0n) is 15.0. The molecule has 140 valence electrons. The first kappa shape index (κ1) is 17.9. The Morgan fingerprint density at radius 1 is 1.27 bits per heavy atom. The average molecular weight is 361 g/mol. The first-order valence-corrected chi connectivity index (χ1v) is 8.40. The van der Waals surface area contributed by atoms with E-state index in [1.54, 1.807) is 36.7 Å². The van der Waals surface area contributed by atoms with E-state index < -0.39 is 0 Å². The molecule has 1 aliphatic rings. The number of rotatable bonds is 6. The summed E-state index contributed by atoms with van der Waals surface area (Å²) in [6, 6.07) is 3.35. The number of nitrogens with one attached hydrogen (secondary N) is 1. The van der Waals surface area contributed by atoms with Crippen LogP contribution in [0.1, 0.15) is 0 Å². The number of hydrogen-bond donors (Lipinski definition) is 1. The molecule has 0 aromatic carbocycles. The first-order valence-electron chi connectivity index (χ1n) is 8.40. The number of piperazine rings is 1. The van der Waals surface area contributed by atoms with E-state index in [0.717, 1.165) is 5.95 Å². The van der Waals surface area contributed by atoms with Crippen molar-refractivity contribution in [2.24, 2.45) is 7.05 Å². The topological polar surface area (TPSA) is 97.6 Å². The van der Waals surface area contributed by atoms with Gasteiger partial charge >= 0.3 is 6.03 Å². The van der Waals surface area contributed by atoms with Crippen LogP contribution in [0.4, 0.5) is 16.4 Å². The van der Waals surface area contributed by atoms with Gasteiger partial charge in [0.05, 0.1) is 6.61 Å². The Labute approximate surface area is 151 Å². The summed E-state index contributed by atoms with van der Waals surface area (Å²) >= 11 is 0. The molecule has 0 bridgehead atoms. The quantitative estimate of drug-likeness (QED) is 0.752. The molecule has 1 N–H and O–H groups in total. The lowest BCUT2D eigenvalue weighted by Crippen LogP contribution is -2.50. The highest BCUT2D eigenvalue weighted by molar-refractivity contribution is 5.90. The van der Waals surface area contributed by atoms with E-state index >= 15 is 0 Å². The SMILES string of the molecule is COCCOc1ncccc1NC(=O)N1CCN(c2nncn2C)CC1. The molecule has 1 fully saturated rings. The Morgan fingerprint density at radius 2 is 2.08 bits per heavy atom. The number of urea groups is 1. The summed E-state index contributed by atoms with van der Waals surface area (Å²) in [5.41, 5.74) is 0.546. The second-order valence-electron chi connectivity index (χ2n) is 5.84. The molecule has 10 nitrogen and oxygen atoms in total. The van der Waals surface area contributed by atoms with Crippen molar-refractivity contribution in [3.63, 3.8) is 0 Å². The van der Waals surface area contributed by atoms with Crippen molar-refractivity contribution in [3.8, 4) is 5.88 Å². The van der Waals surface area contributed by atoms with E-state index in [2.05, 4.69) is 25.4 Å². The molecule has 3 rings (SSSR count). The van der Waals surface area contributed by atoms with Crippen LogP contribution in [-0.2, 0) is 11.8 Å². The second-order valence-corrected chi connectivity index (χ2v) is 5.84. The lowest BCUT2D eigenvalue weighted by molar-refractivity contribution is 0.144. The summed E-state index contributed by atoms with van der Waals surface area (Å²) in [5.74, 6) is 1.20. The molecule has 2 amide bonds. The fourth-order valence-electron chi connectivity index (χ4n) is 2.69. The Morgan fingerprint density at radius 3 is 2.77 bits per heavy atom. The van der Waals surface area contributed by atoms with Crippen molar-refractivity contribution in [1.29, 1.82) is 0 Å². The minimum atomic E-state index is -0.174. The Hall–Kier alpha value is -2.88. The van der Waals surface area contributed by atoms with Crippen LogP contribution in [-0.4, -0.2) is 77.2 Å². The molecule has 1 aliphatic heterocycles. The number of carbonyl (C=O) groups is 1. The van der Waals surface area contributed by atoms with E-state index in [1.165, 1.54) is 0 Å². The van der Waals surface area contributed by atoms with E-state index in [9.17, 15) is 4.79 Å². The van der Waals surface area contributed by atoms with Crippen LogP contribution >= 0.6 is 0 Å².